The van der Waals surface area contributed by atoms with Crippen LogP contribution in [0.1, 0.15) is 18.1 Å². The SMILES string of the molecule is O=C(O)C1CCOC1c1ccc2ncccc2c1. The average Bonchev–Trinajstić information content (AvgIpc) is 2.87. The number of fused-ring (bicyclic) bond motifs is 1. The van der Waals surface area contributed by atoms with Crippen LogP contribution < -0.4 is 0 Å². The van der Waals surface area contributed by atoms with Crippen molar-refractivity contribution in [2.24, 2.45) is 5.92 Å². The first-order valence-corrected chi connectivity index (χ1v) is 5.95. The standard InChI is InChI=1S/C14H13NO3/c16-14(17)11-5-7-18-13(11)10-3-4-12-9(8-10)2-1-6-15-12/h1-4,6,8,11,13H,5,7H2,(H,16,17). The Morgan fingerprint density at radius 1 is 1.39 bits per heavy atom. The van der Waals surface area contributed by atoms with Crippen molar-refractivity contribution < 1.29 is 14.6 Å². The third-order valence-electron chi connectivity index (χ3n) is 3.36. The summed E-state index contributed by atoms with van der Waals surface area (Å²) in [5.74, 6) is -1.23. The summed E-state index contributed by atoms with van der Waals surface area (Å²) >= 11 is 0. The van der Waals surface area contributed by atoms with Gasteiger partial charge in [0.25, 0.3) is 0 Å². The van der Waals surface area contributed by atoms with Gasteiger partial charge in [-0.1, -0.05) is 12.1 Å². The molecule has 92 valence electrons. The fourth-order valence-corrected chi connectivity index (χ4v) is 2.44. The Bertz CT molecular complexity index is 596. The Balaban J connectivity index is 2.01. The number of carboxylic acid groups (broad SMARTS) is 1. The molecule has 0 saturated carbocycles. The molecule has 0 bridgehead atoms. The lowest BCUT2D eigenvalue weighted by molar-refractivity contribution is -0.143. The van der Waals surface area contributed by atoms with Gasteiger partial charge in [0.2, 0.25) is 0 Å². The molecule has 4 nitrogen and oxygen atoms in total. The molecule has 0 aliphatic carbocycles. The second-order valence-electron chi connectivity index (χ2n) is 4.48. The number of benzene rings is 1. The first kappa shape index (κ1) is 11.2. The van der Waals surface area contributed by atoms with E-state index >= 15 is 0 Å². The maximum absolute atomic E-state index is 11.2. The van der Waals surface area contributed by atoms with Crippen LogP contribution in [0.4, 0.5) is 0 Å². The van der Waals surface area contributed by atoms with E-state index in [4.69, 9.17) is 9.84 Å². The zero-order valence-electron chi connectivity index (χ0n) is 9.74. The Hall–Kier alpha value is -1.94. The topological polar surface area (TPSA) is 59.4 Å². The number of pyridine rings is 1. The fourth-order valence-electron chi connectivity index (χ4n) is 2.44. The molecule has 1 fully saturated rings. The number of aliphatic carboxylic acids is 1. The van der Waals surface area contributed by atoms with Crippen LogP contribution in [0.3, 0.4) is 0 Å². The average molecular weight is 243 g/mol. The third-order valence-corrected chi connectivity index (χ3v) is 3.36. The fraction of sp³-hybridized carbons (Fsp3) is 0.286. The van der Waals surface area contributed by atoms with Crippen molar-refractivity contribution in [3.05, 3.63) is 42.1 Å². The van der Waals surface area contributed by atoms with Crippen molar-refractivity contribution in [2.45, 2.75) is 12.5 Å². The summed E-state index contributed by atoms with van der Waals surface area (Å²) in [5, 5.41) is 10.2. The Morgan fingerprint density at radius 2 is 2.28 bits per heavy atom. The first-order valence-electron chi connectivity index (χ1n) is 5.95. The zero-order chi connectivity index (χ0) is 12.5. The molecule has 3 rings (SSSR count). The van der Waals surface area contributed by atoms with Gasteiger partial charge in [-0.05, 0) is 30.2 Å². The van der Waals surface area contributed by atoms with Crippen LogP contribution in [0.15, 0.2) is 36.5 Å². The second kappa shape index (κ2) is 4.38. The number of ether oxygens (including phenoxy) is 1. The Labute approximate surface area is 104 Å². The highest BCUT2D eigenvalue weighted by Gasteiger charge is 2.35. The minimum atomic E-state index is -0.788. The van der Waals surface area contributed by atoms with Crippen molar-refractivity contribution in [1.29, 1.82) is 0 Å². The van der Waals surface area contributed by atoms with Crippen molar-refractivity contribution >= 4 is 16.9 Å². The van der Waals surface area contributed by atoms with Gasteiger partial charge in [0.1, 0.15) is 0 Å². The van der Waals surface area contributed by atoms with Crippen LogP contribution in [0.25, 0.3) is 10.9 Å². The van der Waals surface area contributed by atoms with E-state index in [0.29, 0.717) is 13.0 Å². The van der Waals surface area contributed by atoms with Crippen LogP contribution in [0, 0.1) is 5.92 Å². The van der Waals surface area contributed by atoms with Crippen molar-refractivity contribution in [3.8, 4) is 0 Å². The van der Waals surface area contributed by atoms with Crippen molar-refractivity contribution in [2.75, 3.05) is 6.61 Å². The van der Waals surface area contributed by atoms with E-state index < -0.39 is 11.9 Å². The molecule has 1 aliphatic rings. The van der Waals surface area contributed by atoms with Gasteiger partial charge in [0, 0.05) is 18.2 Å². The van der Waals surface area contributed by atoms with Gasteiger partial charge >= 0.3 is 5.97 Å². The van der Waals surface area contributed by atoms with Gasteiger partial charge in [-0.25, -0.2) is 0 Å². The molecule has 0 radical (unpaired) electrons. The monoisotopic (exact) mass is 243 g/mol. The number of nitrogens with zero attached hydrogens (tertiary/aromatic N) is 1. The summed E-state index contributed by atoms with van der Waals surface area (Å²) in [7, 11) is 0. The zero-order valence-corrected chi connectivity index (χ0v) is 9.74. The number of hydrogen-bond donors (Lipinski definition) is 1. The van der Waals surface area contributed by atoms with Gasteiger partial charge in [-0.3, -0.25) is 9.78 Å². The number of rotatable bonds is 2. The molecule has 0 spiro atoms. The highest BCUT2D eigenvalue weighted by molar-refractivity contribution is 5.79. The van der Waals surface area contributed by atoms with Crippen LogP contribution in [0.2, 0.25) is 0 Å². The molecule has 1 aromatic heterocycles. The maximum atomic E-state index is 11.2. The van der Waals surface area contributed by atoms with Crippen molar-refractivity contribution in [3.63, 3.8) is 0 Å². The molecule has 2 aromatic rings. The van der Waals surface area contributed by atoms with E-state index in [1.165, 1.54) is 0 Å². The van der Waals surface area contributed by atoms with Crippen LogP contribution >= 0.6 is 0 Å². The molecule has 2 unspecified atom stereocenters. The number of hydrogen-bond acceptors (Lipinski definition) is 3. The molecule has 4 heteroatoms. The molecule has 2 atom stereocenters. The summed E-state index contributed by atoms with van der Waals surface area (Å²) in [6.45, 7) is 0.507. The van der Waals surface area contributed by atoms with Gasteiger partial charge in [0.05, 0.1) is 17.5 Å². The predicted molar refractivity (Wildman–Crippen MR) is 66.2 cm³/mol. The minimum absolute atomic E-state index is 0.341. The summed E-state index contributed by atoms with van der Waals surface area (Å²) in [5.41, 5.74) is 1.83. The molecule has 18 heavy (non-hydrogen) atoms. The highest BCUT2D eigenvalue weighted by atomic mass is 16.5. The molecular formula is C14H13NO3. The predicted octanol–water partition coefficient (Wildman–Crippen LogP) is 2.40. The minimum Gasteiger partial charge on any atom is -0.481 e. The number of carbonyl (C=O) groups is 1. The third kappa shape index (κ3) is 1.84. The molecule has 1 aliphatic heterocycles. The summed E-state index contributed by atoms with van der Waals surface area (Å²) in [4.78, 5) is 15.4. The highest BCUT2D eigenvalue weighted by Crippen LogP contribution is 2.35. The summed E-state index contributed by atoms with van der Waals surface area (Å²) in [6.07, 6.45) is 1.98. The van der Waals surface area contributed by atoms with E-state index in [2.05, 4.69) is 4.98 Å². The quantitative estimate of drug-likeness (QED) is 0.879. The van der Waals surface area contributed by atoms with Crippen molar-refractivity contribution in [1.82, 2.24) is 4.98 Å². The van der Waals surface area contributed by atoms with Gasteiger partial charge in [-0.15, -0.1) is 0 Å². The van der Waals surface area contributed by atoms with Gasteiger partial charge in [-0.2, -0.15) is 0 Å². The number of carboxylic acids is 1. The normalized spacial score (nSPS) is 23.3. The second-order valence-corrected chi connectivity index (χ2v) is 4.48. The van der Waals surface area contributed by atoms with Crippen LogP contribution in [-0.4, -0.2) is 22.7 Å². The lowest BCUT2D eigenvalue weighted by Crippen LogP contribution is -2.17. The summed E-state index contributed by atoms with van der Waals surface area (Å²) < 4.78 is 5.56. The van der Waals surface area contributed by atoms with E-state index in [0.717, 1.165) is 16.5 Å². The molecule has 0 amide bonds. The van der Waals surface area contributed by atoms with E-state index in [-0.39, 0.29) is 6.10 Å². The molecular weight excluding hydrogens is 230 g/mol. The summed E-state index contributed by atoms with van der Waals surface area (Å²) in [6, 6.07) is 9.62. The largest absolute Gasteiger partial charge is 0.481 e. The molecule has 2 heterocycles. The van der Waals surface area contributed by atoms with Crippen LogP contribution in [0.5, 0.6) is 0 Å². The van der Waals surface area contributed by atoms with Gasteiger partial charge in [0.15, 0.2) is 0 Å². The van der Waals surface area contributed by atoms with E-state index in [1.54, 1.807) is 6.20 Å². The van der Waals surface area contributed by atoms with Crippen LogP contribution in [-0.2, 0) is 9.53 Å². The van der Waals surface area contributed by atoms with Gasteiger partial charge < -0.3 is 9.84 Å². The molecule has 1 aromatic carbocycles. The molecule has 1 N–H and O–H groups in total. The Morgan fingerprint density at radius 3 is 3.11 bits per heavy atom. The molecule has 1 saturated heterocycles. The number of aromatic nitrogens is 1. The first-order chi connectivity index (χ1) is 8.75. The lowest BCUT2D eigenvalue weighted by atomic mass is 9.94. The maximum Gasteiger partial charge on any atom is 0.309 e. The Kier molecular flexibility index (Phi) is 2.72. The van der Waals surface area contributed by atoms with E-state index in [1.807, 2.05) is 30.3 Å². The van der Waals surface area contributed by atoms with E-state index in [9.17, 15) is 4.79 Å². The lowest BCUT2D eigenvalue weighted by Gasteiger charge is -2.15. The smallest absolute Gasteiger partial charge is 0.309 e.